The molecule has 0 radical (unpaired) electrons. The number of primary amides is 1. The molecule has 0 unspecified atom stereocenters. The molecule has 1 aromatic heterocycles. The van der Waals surface area contributed by atoms with Crippen molar-refractivity contribution in [2.75, 3.05) is 7.11 Å². The van der Waals surface area contributed by atoms with E-state index < -0.39 is 5.91 Å². The first-order chi connectivity index (χ1) is 5.25. The standard InChI is InChI=1S/C7H8N2O2/c1-11-6-4-9-3-2-5(6)7(8)10/h2-4H,1H3,(H2,8,10). The number of nitrogens with zero attached hydrogens (tertiary/aromatic N) is 1. The fourth-order valence-electron chi connectivity index (χ4n) is 0.746. The zero-order chi connectivity index (χ0) is 8.27. The summed E-state index contributed by atoms with van der Waals surface area (Å²) < 4.78 is 4.84. The number of methoxy groups -OCH3 is 1. The number of ether oxygens (including phenoxy) is 1. The minimum Gasteiger partial charge on any atom is -0.494 e. The Morgan fingerprint density at radius 3 is 2.91 bits per heavy atom. The number of carbonyl (C=O) groups excluding carboxylic acids is 1. The summed E-state index contributed by atoms with van der Waals surface area (Å²) in [6.45, 7) is 0. The van der Waals surface area contributed by atoms with E-state index in [1.54, 1.807) is 0 Å². The maximum absolute atomic E-state index is 10.7. The number of aromatic nitrogens is 1. The zero-order valence-corrected chi connectivity index (χ0v) is 6.07. The Morgan fingerprint density at radius 1 is 1.73 bits per heavy atom. The van der Waals surface area contributed by atoms with Gasteiger partial charge in [0.15, 0.2) is 0 Å². The molecule has 0 aromatic carbocycles. The van der Waals surface area contributed by atoms with Gasteiger partial charge in [-0.05, 0) is 6.07 Å². The summed E-state index contributed by atoms with van der Waals surface area (Å²) in [5.41, 5.74) is 5.39. The Hall–Kier alpha value is -1.58. The van der Waals surface area contributed by atoms with Crippen LogP contribution >= 0.6 is 0 Å². The van der Waals surface area contributed by atoms with Crippen LogP contribution in [-0.4, -0.2) is 18.0 Å². The lowest BCUT2D eigenvalue weighted by molar-refractivity contribution is 0.0997. The number of carbonyl (C=O) groups is 1. The van der Waals surface area contributed by atoms with Gasteiger partial charge in [-0.3, -0.25) is 9.78 Å². The largest absolute Gasteiger partial charge is 0.494 e. The maximum Gasteiger partial charge on any atom is 0.252 e. The van der Waals surface area contributed by atoms with Crippen LogP contribution in [0.5, 0.6) is 5.75 Å². The highest BCUT2D eigenvalue weighted by Gasteiger charge is 2.06. The molecular weight excluding hydrogens is 144 g/mol. The van der Waals surface area contributed by atoms with Crippen molar-refractivity contribution in [3.8, 4) is 5.75 Å². The van der Waals surface area contributed by atoms with E-state index in [4.69, 9.17) is 10.5 Å². The third kappa shape index (κ3) is 1.46. The van der Waals surface area contributed by atoms with Gasteiger partial charge in [0.25, 0.3) is 5.91 Å². The Bertz CT molecular complexity index is 273. The number of nitrogens with two attached hydrogens (primary N) is 1. The fraction of sp³-hybridized carbons (Fsp3) is 0.143. The van der Waals surface area contributed by atoms with Crippen LogP contribution in [0.25, 0.3) is 0 Å². The third-order valence-corrected chi connectivity index (χ3v) is 1.27. The lowest BCUT2D eigenvalue weighted by Gasteiger charge is -2.01. The van der Waals surface area contributed by atoms with Crippen LogP contribution < -0.4 is 10.5 Å². The van der Waals surface area contributed by atoms with Gasteiger partial charge in [0.2, 0.25) is 0 Å². The molecule has 0 aliphatic carbocycles. The van der Waals surface area contributed by atoms with Crippen molar-refractivity contribution in [3.05, 3.63) is 24.0 Å². The molecule has 0 bridgehead atoms. The van der Waals surface area contributed by atoms with Crippen molar-refractivity contribution in [1.82, 2.24) is 4.98 Å². The number of amides is 1. The first kappa shape index (κ1) is 7.53. The molecule has 1 amide bonds. The first-order valence-corrected chi connectivity index (χ1v) is 3.03. The van der Waals surface area contributed by atoms with E-state index in [-0.39, 0.29) is 0 Å². The van der Waals surface area contributed by atoms with E-state index in [1.165, 1.54) is 25.6 Å². The van der Waals surface area contributed by atoms with Crippen LogP contribution in [-0.2, 0) is 0 Å². The SMILES string of the molecule is COc1cnccc1C(N)=O. The summed E-state index contributed by atoms with van der Waals surface area (Å²) in [6, 6.07) is 1.52. The molecule has 1 rings (SSSR count). The average molecular weight is 152 g/mol. The Labute approximate surface area is 64.0 Å². The number of rotatable bonds is 2. The summed E-state index contributed by atoms with van der Waals surface area (Å²) >= 11 is 0. The highest BCUT2D eigenvalue weighted by molar-refractivity contribution is 5.95. The Kier molecular flexibility index (Phi) is 2.06. The molecule has 0 saturated heterocycles. The summed E-state index contributed by atoms with van der Waals surface area (Å²) in [4.78, 5) is 14.5. The maximum atomic E-state index is 10.7. The predicted molar refractivity (Wildman–Crippen MR) is 39.3 cm³/mol. The molecule has 0 saturated carbocycles. The molecule has 1 heterocycles. The molecule has 4 nitrogen and oxygen atoms in total. The van der Waals surface area contributed by atoms with Crippen molar-refractivity contribution >= 4 is 5.91 Å². The highest BCUT2D eigenvalue weighted by Crippen LogP contribution is 2.13. The molecule has 58 valence electrons. The van der Waals surface area contributed by atoms with Crippen molar-refractivity contribution in [2.24, 2.45) is 5.73 Å². The number of hydrogen-bond acceptors (Lipinski definition) is 3. The van der Waals surface area contributed by atoms with Gasteiger partial charge in [-0.15, -0.1) is 0 Å². The van der Waals surface area contributed by atoms with Crippen molar-refractivity contribution in [1.29, 1.82) is 0 Å². The summed E-state index contributed by atoms with van der Waals surface area (Å²) in [5, 5.41) is 0. The average Bonchev–Trinajstić information content (AvgIpc) is 2.04. The van der Waals surface area contributed by atoms with Gasteiger partial charge in [-0.1, -0.05) is 0 Å². The van der Waals surface area contributed by atoms with E-state index in [2.05, 4.69) is 4.98 Å². The second-order valence-corrected chi connectivity index (χ2v) is 1.94. The normalized spacial score (nSPS) is 9.18. The molecule has 1 aromatic rings. The zero-order valence-electron chi connectivity index (χ0n) is 6.07. The topological polar surface area (TPSA) is 65.2 Å². The molecule has 0 aliphatic heterocycles. The van der Waals surface area contributed by atoms with Crippen LogP contribution in [0.3, 0.4) is 0 Å². The minimum absolute atomic E-state index is 0.350. The van der Waals surface area contributed by atoms with Gasteiger partial charge < -0.3 is 10.5 Å². The van der Waals surface area contributed by atoms with Gasteiger partial charge in [0.05, 0.1) is 18.9 Å². The Balaban J connectivity index is 3.12. The van der Waals surface area contributed by atoms with Gasteiger partial charge >= 0.3 is 0 Å². The van der Waals surface area contributed by atoms with Gasteiger partial charge in [0, 0.05) is 6.20 Å². The van der Waals surface area contributed by atoms with Crippen LogP contribution in [0.15, 0.2) is 18.5 Å². The van der Waals surface area contributed by atoms with E-state index in [9.17, 15) is 4.79 Å². The van der Waals surface area contributed by atoms with Crippen LogP contribution in [0.2, 0.25) is 0 Å². The van der Waals surface area contributed by atoms with E-state index in [1.807, 2.05) is 0 Å². The van der Waals surface area contributed by atoms with Gasteiger partial charge in [-0.2, -0.15) is 0 Å². The highest BCUT2D eigenvalue weighted by atomic mass is 16.5. The summed E-state index contributed by atoms with van der Waals surface area (Å²) in [5.74, 6) is -0.107. The lowest BCUT2D eigenvalue weighted by Crippen LogP contribution is -2.12. The fourth-order valence-corrected chi connectivity index (χ4v) is 0.746. The van der Waals surface area contributed by atoms with Crippen molar-refractivity contribution in [3.63, 3.8) is 0 Å². The second kappa shape index (κ2) is 3.01. The van der Waals surface area contributed by atoms with Crippen LogP contribution in [0.4, 0.5) is 0 Å². The molecule has 2 N–H and O–H groups in total. The smallest absolute Gasteiger partial charge is 0.252 e. The second-order valence-electron chi connectivity index (χ2n) is 1.94. The minimum atomic E-state index is -0.510. The lowest BCUT2D eigenvalue weighted by atomic mass is 10.2. The molecular formula is C7H8N2O2. The van der Waals surface area contributed by atoms with E-state index >= 15 is 0 Å². The molecule has 0 aliphatic rings. The first-order valence-electron chi connectivity index (χ1n) is 3.03. The predicted octanol–water partition coefficient (Wildman–Crippen LogP) is 0.189. The molecule has 0 spiro atoms. The number of hydrogen-bond donors (Lipinski definition) is 1. The molecule has 0 atom stereocenters. The molecule has 11 heavy (non-hydrogen) atoms. The van der Waals surface area contributed by atoms with Gasteiger partial charge in [0.1, 0.15) is 5.75 Å². The van der Waals surface area contributed by atoms with Crippen LogP contribution in [0.1, 0.15) is 10.4 Å². The number of pyridine rings is 1. The van der Waals surface area contributed by atoms with Crippen molar-refractivity contribution < 1.29 is 9.53 Å². The quantitative estimate of drug-likeness (QED) is 0.657. The summed E-state index contributed by atoms with van der Waals surface area (Å²) in [6.07, 6.45) is 2.93. The van der Waals surface area contributed by atoms with Crippen molar-refractivity contribution in [2.45, 2.75) is 0 Å². The molecule has 4 heteroatoms. The van der Waals surface area contributed by atoms with E-state index in [0.717, 1.165) is 0 Å². The summed E-state index contributed by atoms with van der Waals surface area (Å²) in [7, 11) is 1.46. The molecule has 0 fully saturated rings. The Morgan fingerprint density at radius 2 is 2.45 bits per heavy atom. The third-order valence-electron chi connectivity index (χ3n) is 1.27. The monoisotopic (exact) mass is 152 g/mol. The van der Waals surface area contributed by atoms with Gasteiger partial charge in [-0.25, -0.2) is 0 Å². The van der Waals surface area contributed by atoms with E-state index in [0.29, 0.717) is 11.3 Å². The van der Waals surface area contributed by atoms with Crippen LogP contribution in [0, 0.1) is 0 Å².